The second kappa shape index (κ2) is 5.75. The predicted molar refractivity (Wildman–Crippen MR) is 77.2 cm³/mol. The standard InChI is InChI=1S/C14H20N4O/c1-17(2)8-9-18-14(15)10-13(16-18)11-4-6-12(19-3)7-5-11/h4-7,10H,8-9,15H2,1-3H3. The number of rotatable bonds is 5. The van der Waals surface area contributed by atoms with Gasteiger partial charge in [0.25, 0.3) is 0 Å². The van der Waals surface area contributed by atoms with Gasteiger partial charge in [0.2, 0.25) is 0 Å². The van der Waals surface area contributed by atoms with Crippen LogP contribution in [0.4, 0.5) is 5.82 Å². The van der Waals surface area contributed by atoms with Crippen LogP contribution in [0.3, 0.4) is 0 Å². The Labute approximate surface area is 113 Å². The first kappa shape index (κ1) is 13.4. The molecule has 0 saturated heterocycles. The van der Waals surface area contributed by atoms with E-state index in [1.54, 1.807) is 7.11 Å². The maximum atomic E-state index is 5.98. The molecule has 102 valence electrons. The Morgan fingerprint density at radius 3 is 2.53 bits per heavy atom. The van der Waals surface area contributed by atoms with Crippen LogP contribution < -0.4 is 10.5 Å². The van der Waals surface area contributed by atoms with Gasteiger partial charge in [0, 0.05) is 18.2 Å². The molecule has 0 bridgehead atoms. The van der Waals surface area contributed by atoms with Crippen LogP contribution in [0.25, 0.3) is 11.3 Å². The molecular formula is C14H20N4O. The van der Waals surface area contributed by atoms with E-state index in [0.717, 1.165) is 30.1 Å². The largest absolute Gasteiger partial charge is 0.497 e. The Bertz CT molecular complexity index is 531. The first-order valence-electron chi connectivity index (χ1n) is 6.22. The normalized spacial score (nSPS) is 10.9. The summed E-state index contributed by atoms with van der Waals surface area (Å²) in [5.41, 5.74) is 7.90. The van der Waals surface area contributed by atoms with Crippen molar-refractivity contribution >= 4 is 5.82 Å². The molecule has 1 aromatic heterocycles. The quantitative estimate of drug-likeness (QED) is 0.889. The molecule has 19 heavy (non-hydrogen) atoms. The van der Waals surface area contributed by atoms with Crippen molar-refractivity contribution in [3.63, 3.8) is 0 Å². The van der Waals surface area contributed by atoms with Crippen LogP contribution in [-0.2, 0) is 6.54 Å². The van der Waals surface area contributed by atoms with Crippen molar-refractivity contribution in [2.45, 2.75) is 6.54 Å². The summed E-state index contributed by atoms with van der Waals surface area (Å²) in [4.78, 5) is 2.11. The summed E-state index contributed by atoms with van der Waals surface area (Å²) < 4.78 is 6.98. The number of benzene rings is 1. The van der Waals surface area contributed by atoms with Gasteiger partial charge in [-0.2, -0.15) is 5.10 Å². The van der Waals surface area contributed by atoms with E-state index in [1.807, 2.05) is 49.1 Å². The first-order chi connectivity index (χ1) is 9.10. The Morgan fingerprint density at radius 2 is 1.95 bits per heavy atom. The van der Waals surface area contributed by atoms with Crippen molar-refractivity contribution in [2.75, 3.05) is 33.5 Å². The molecule has 5 heteroatoms. The molecular weight excluding hydrogens is 240 g/mol. The number of hydrogen-bond donors (Lipinski definition) is 1. The number of anilines is 1. The van der Waals surface area contributed by atoms with Crippen molar-refractivity contribution in [1.82, 2.24) is 14.7 Å². The average molecular weight is 260 g/mol. The minimum Gasteiger partial charge on any atom is -0.497 e. The summed E-state index contributed by atoms with van der Waals surface area (Å²) in [5.74, 6) is 1.52. The van der Waals surface area contributed by atoms with E-state index in [4.69, 9.17) is 10.5 Å². The molecule has 5 nitrogen and oxygen atoms in total. The second-order valence-corrected chi connectivity index (χ2v) is 4.71. The number of nitrogens with two attached hydrogens (primary N) is 1. The molecule has 1 heterocycles. The van der Waals surface area contributed by atoms with E-state index in [9.17, 15) is 0 Å². The number of methoxy groups -OCH3 is 1. The molecule has 0 saturated carbocycles. The number of nitrogens with zero attached hydrogens (tertiary/aromatic N) is 3. The van der Waals surface area contributed by atoms with E-state index in [2.05, 4.69) is 10.00 Å². The number of nitrogen functional groups attached to an aromatic ring is 1. The van der Waals surface area contributed by atoms with Crippen LogP contribution in [0.15, 0.2) is 30.3 Å². The van der Waals surface area contributed by atoms with E-state index >= 15 is 0 Å². The lowest BCUT2D eigenvalue weighted by molar-refractivity contribution is 0.375. The molecule has 0 spiro atoms. The zero-order chi connectivity index (χ0) is 13.8. The van der Waals surface area contributed by atoms with Crippen molar-refractivity contribution in [3.8, 4) is 17.0 Å². The van der Waals surface area contributed by atoms with Crippen molar-refractivity contribution in [2.24, 2.45) is 0 Å². The Balaban J connectivity index is 2.18. The van der Waals surface area contributed by atoms with Gasteiger partial charge in [-0.05, 0) is 38.4 Å². The van der Waals surface area contributed by atoms with Gasteiger partial charge in [0.05, 0.1) is 19.3 Å². The molecule has 0 aliphatic heterocycles. The Hall–Kier alpha value is -2.01. The molecule has 0 atom stereocenters. The van der Waals surface area contributed by atoms with Crippen LogP contribution in [0, 0.1) is 0 Å². The van der Waals surface area contributed by atoms with Crippen molar-refractivity contribution < 1.29 is 4.74 Å². The summed E-state index contributed by atoms with van der Waals surface area (Å²) in [6.45, 7) is 1.70. The highest BCUT2D eigenvalue weighted by Gasteiger charge is 2.07. The summed E-state index contributed by atoms with van der Waals surface area (Å²) in [6, 6.07) is 9.71. The fourth-order valence-electron chi connectivity index (χ4n) is 1.81. The number of likely N-dealkylation sites (N-methyl/N-ethyl adjacent to an activating group) is 1. The maximum absolute atomic E-state index is 5.98. The van der Waals surface area contributed by atoms with Crippen LogP contribution in [-0.4, -0.2) is 42.4 Å². The maximum Gasteiger partial charge on any atom is 0.122 e. The molecule has 0 aliphatic rings. The molecule has 0 fully saturated rings. The molecule has 2 rings (SSSR count). The lowest BCUT2D eigenvalue weighted by Crippen LogP contribution is -2.19. The van der Waals surface area contributed by atoms with Crippen molar-refractivity contribution in [1.29, 1.82) is 0 Å². The predicted octanol–water partition coefficient (Wildman–Crippen LogP) is 1.70. The third-order valence-electron chi connectivity index (χ3n) is 2.96. The Kier molecular flexibility index (Phi) is 4.06. The highest BCUT2D eigenvalue weighted by atomic mass is 16.5. The van der Waals surface area contributed by atoms with Gasteiger partial charge in [0.15, 0.2) is 0 Å². The number of hydrogen-bond acceptors (Lipinski definition) is 4. The zero-order valence-corrected chi connectivity index (χ0v) is 11.6. The monoisotopic (exact) mass is 260 g/mol. The van der Waals surface area contributed by atoms with Gasteiger partial charge < -0.3 is 15.4 Å². The minimum absolute atomic E-state index is 0.688. The molecule has 0 aliphatic carbocycles. The molecule has 1 aromatic carbocycles. The summed E-state index contributed by atoms with van der Waals surface area (Å²) in [6.07, 6.45) is 0. The fourth-order valence-corrected chi connectivity index (χ4v) is 1.81. The van der Waals surface area contributed by atoms with Gasteiger partial charge >= 0.3 is 0 Å². The van der Waals surface area contributed by atoms with Crippen LogP contribution in [0.5, 0.6) is 5.75 Å². The molecule has 0 unspecified atom stereocenters. The lowest BCUT2D eigenvalue weighted by atomic mass is 10.1. The average Bonchev–Trinajstić information content (AvgIpc) is 2.78. The second-order valence-electron chi connectivity index (χ2n) is 4.71. The van der Waals surface area contributed by atoms with E-state index in [-0.39, 0.29) is 0 Å². The summed E-state index contributed by atoms with van der Waals surface area (Å²) in [7, 11) is 5.72. The zero-order valence-electron chi connectivity index (χ0n) is 11.6. The minimum atomic E-state index is 0.688. The molecule has 0 radical (unpaired) electrons. The smallest absolute Gasteiger partial charge is 0.122 e. The molecule has 2 aromatic rings. The van der Waals surface area contributed by atoms with Crippen molar-refractivity contribution in [3.05, 3.63) is 30.3 Å². The van der Waals surface area contributed by atoms with E-state index < -0.39 is 0 Å². The highest BCUT2D eigenvalue weighted by molar-refractivity contribution is 5.63. The van der Waals surface area contributed by atoms with Crippen LogP contribution in [0.2, 0.25) is 0 Å². The fraction of sp³-hybridized carbons (Fsp3) is 0.357. The van der Waals surface area contributed by atoms with Gasteiger partial charge in [-0.3, -0.25) is 0 Å². The van der Waals surface area contributed by atoms with E-state index in [1.165, 1.54) is 0 Å². The lowest BCUT2D eigenvalue weighted by Gasteiger charge is -2.09. The van der Waals surface area contributed by atoms with E-state index in [0.29, 0.717) is 5.82 Å². The summed E-state index contributed by atoms with van der Waals surface area (Å²) >= 11 is 0. The first-order valence-corrected chi connectivity index (χ1v) is 6.22. The third kappa shape index (κ3) is 3.26. The highest BCUT2D eigenvalue weighted by Crippen LogP contribution is 2.22. The van der Waals surface area contributed by atoms with Crippen LogP contribution in [0.1, 0.15) is 0 Å². The van der Waals surface area contributed by atoms with Gasteiger partial charge in [-0.15, -0.1) is 0 Å². The van der Waals surface area contributed by atoms with Gasteiger partial charge in [0.1, 0.15) is 11.6 Å². The third-order valence-corrected chi connectivity index (χ3v) is 2.96. The SMILES string of the molecule is COc1ccc(-c2cc(N)n(CCN(C)C)n2)cc1. The van der Waals surface area contributed by atoms with Gasteiger partial charge in [-0.1, -0.05) is 0 Å². The molecule has 2 N–H and O–H groups in total. The topological polar surface area (TPSA) is 56.3 Å². The number of aromatic nitrogens is 2. The molecule has 0 amide bonds. The number of ether oxygens (including phenoxy) is 1. The van der Waals surface area contributed by atoms with Crippen LogP contribution >= 0.6 is 0 Å². The summed E-state index contributed by atoms with van der Waals surface area (Å²) in [5, 5.41) is 4.53. The Morgan fingerprint density at radius 1 is 1.26 bits per heavy atom. The van der Waals surface area contributed by atoms with Gasteiger partial charge in [-0.25, -0.2) is 4.68 Å².